The Kier molecular flexibility index (Phi) is 7.62. The van der Waals surface area contributed by atoms with Gasteiger partial charge in [-0.1, -0.05) is 54.0 Å². The van der Waals surface area contributed by atoms with E-state index in [-0.39, 0.29) is 29.7 Å². The van der Waals surface area contributed by atoms with Crippen LogP contribution in [0.5, 0.6) is 0 Å². The third-order valence-corrected chi connectivity index (χ3v) is 15.0. The summed E-state index contributed by atoms with van der Waals surface area (Å²) in [6, 6.07) is 0. The lowest BCUT2D eigenvalue weighted by Crippen LogP contribution is -2.74. The van der Waals surface area contributed by atoms with Crippen molar-refractivity contribution in [2.45, 2.75) is 138 Å². The maximum atomic E-state index is 13.9. The number of rotatable bonds is 3. The molecular weight excluding hydrogens is 560 g/mol. The van der Waals surface area contributed by atoms with Gasteiger partial charge in [0.25, 0.3) is 0 Å². The molecule has 0 bridgehead atoms. The van der Waals surface area contributed by atoms with Crippen molar-refractivity contribution in [3.05, 3.63) is 11.6 Å². The average molecular weight is 617 g/mol. The van der Waals surface area contributed by atoms with E-state index in [9.17, 15) is 24.6 Å². The first kappa shape index (κ1) is 33.4. The van der Waals surface area contributed by atoms with Crippen LogP contribution in [0.15, 0.2) is 11.6 Å². The van der Waals surface area contributed by atoms with Crippen LogP contribution in [0.3, 0.4) is 0 Å². The van der Waals surface area contributed by atoms with Crippen LogP contribution in [-0.2, 0) is 28.6 Å². The topological polar surface area (TPSA) is 119 Å². The fourth-order valence-corrected chi connectivity index (χ4v) is 12.4. The van der Waals surface area contributed by atoms with Crippen LogP contribution in [-0.4, -0.2) is 59.1 Å². The second-order valence-corrected chi connectivity index (χ2v) is 16.9. The molecule has 0 unspecified atom stereocenters. The Labute approximate surface area is 263 Å². The lowest BCUT2D eigenvalue weighted by molar-refractivity contribution is -0.267. The van der Waals surface area contributed by atoms with Crippen LogP contribution < -0.4 is 0 Å². The Bertz CT molecular complexity index is 1270. The predicted molar refractivity (Wildman–Crippen MR) is 165 cm³/mol. The van der Waals surface area contributed by atoms with Gasteiger partial charge in [0, 0.05) is 25.2 Å². The zero-order valence-electron chi connectivity index (χ0n) is 28.8. The molecule has 44 heavy (non-hydrogen) atoms. The van der Waals surface area contributed by atoms with Gasteiger partial charge >= 0.3 is 17.9 Å². The number of hydrogen-bond acceptors (Lipinski definition) is 8. The SMILES string of the molecule is COC(=O)[C@]12CC[C@@H](C)[C@@](C)(O)[C@@]1(C)C1=C[C@@H](OC(C)=O)[C@H]3[C@@]4(C)C[C@H](OC(C)=O)[C@H](O)C(C)(C)[C@@H]4CC[C@@]3(C)[C@]1(C)CC2. The summed E-state index contributed by atoms with van der Waals surface area (Å²) in [7, 11) is 1.44. The van der Waals surface area contributed by atoms with E-state index >= 15 is 0 Å². The molecule has 0 aromatic rings. The first-order valence-electron chi connectivity index (χ1n) is 16.7. The standard InChI is InChI=1S/C36H56O8/c1-20-12-15-36(29(40)42-11)17-16-32(7)26(34(36,9)35(20,10)41)18-23(43-21(2)37)27-31(6)19-24(44-22(3)38)28(39)30(4,5)25(31)13-14-33(27,32)8/h18,20,23-25,27-28,39,41H,12-17,19H2,1-11H3/t20-,23-,24+,25+,27+,28+,31+,32-,33-,34-,35-,36-/m1/s1. The third kappa shape index (κ3) is 3.91. The van der Waals surface area contributed by atoms with Crippen molar-refractivity contribution in [1.29, 1.82) is 0 Å². The number of esters is 3. The molecule has 4 saturated carbocycles. The highest BCUT2D eigenvalue weighted by Gasteiger charge is 2.77. The van der Waals surface area contributed by atoms with Gasteiger partial charge in [-0.25, -0.2) is 0 Å². The molecule has 5 aliphatic carbocycles. The van der Waals surface area contributed by atoms with E-state index in [0.29, 0.717) is 25.7 Å². The first-order chi connectivity index (χ1) is 20.1. The van der Waals surface area contributed by atoms with E-state index in [4.69, 9.17) is 14.2 Å². The third-order valence-electron chi connectivity index (χ3n) is 15.0. The van der Waals surface area contributed by atoms with Crippen LogP contribution in [0.2, 0.25) is 0 Å². The molecule has 5 rings (SSSR count). The lowest BCUT2D eigenvalue weighted by atomic mass is 9.30. The highest BCUT2D eigenvalue weighted by molar-refractivity contribution is 5.80. The van der Waals surface area contributed by atoms with Crippen molar-refractivity contribution in [2.75, 3.05) is 7.11 Å². The number of fused-ring (bicyclic) bond motifs is 7. The Balaban J connectivity index is 1.78. The molecule has 8 heteroatoms. The molecule has 4 fully saturated rings. The number of methoxy groups -OCH3 is 1. The summed E-state index contributed by atoms with van der Waals surface area (Å²) in [4.78, 5) is 39.0. The normalized spacial score (nSPS) is 50.9. The number of aliphatic hydroxyl groups is 2. The molecule has 12 atom stereocenters. The molecule has 0 aliphatic heterocycles. The van der Waals surface area contributed by atoms with E-state index in [1.165, 1.54) is 21.0 Å². The van der Waals surface area contributed by atoms with E-state index in [0.717, 1.165) is 24.8 Å². The van der Waals surface area contributed by atoms with Crippen LogP contribution in [0.4, 0.5) is 0 Å². The van der Waals surface area contributed by atoms with Crippen molar-refractivity contribution in [2.24, 2.45) is 50.2 Å². The molecule has 0 amide bonds. The average Bonchev–Trinajstić information content (AvgIpc) is 2.90. The zero-order valence-corrected chi connectivity index (χ0v) is 28.8. The fraction of sp³-hybridized carbons (Fsp3) is 0.861. The summed E-state index contributed by atoms with van der Waals surface area (Å²) < 4.78 is 17.6. The van der Waals surface area contributed by atoms with Crippen molar-refractivity contribution in [1.82, 2.24) is 0 Å². The van der Waals surface area contributed by atoms with Crippen molar-refractivity contribution >= 4 is 17.9 Å². The van der Waals surface area contributed by atoms with E-state index in [1.807, 2.05) is 6.92 Å². The van der Waals surface area contributed by atoms with Gasteiger partial charge in [0.1, 0.15) is 12.2 Å². The van der Waals surface area contributed by atoms with E-state index in [2.05, 4.69) is 54.5 Å². The van der Waals surface area contributed by atoms with Crippen molar-refractivity contribution in [3.63, 3.8) is 0 Å². The Morgan fingerprint density at radius 3 is 2.07 bits per heavy atom. The summed E-state index contributed by atoms with van der Waals surface area (Å²) in [6.07, 6.45) is 4.76. The monoisotopic (exact) mass is 616 g/mol. The molecule has 2 N–H and O–H groups in total. The minimum atomic E-state index is -1.23. The maximum Gasteiger partial charge on any atom is 0.312 e. The van der Waals surface area contributed by atoms with Crippen LogP contribution in [0.25, 0.3) is 0 Å². The highest BCUT2D eigenvalue weighted by atomic mass is 16.6. The predicted octanol–water partition coefficient (Wildman–Crippen LogP) is 5.77. The summed E-state index contributed by atoms with van der Waals surface area (Å²) >= 11 is 0. The highest BCUT2D eigenvalue weighted by Crippen LogP contribution is 2.79. The fourth-order valence-electron chi connectivity index (χ4n) is 12.4. The van der Waals surface area contributed by atoms with Crippen LogP contribution >= 0.6 is 0 Å². The number of aliphatic hydroxyl groups excluding tert-OH is 1. The summed E-state index contributed by atoms with van der Waals surface area (Å²) in [6.45, 7) is 19.8. The zero-order chi connectivity index (χ0) is 33.1. The molecule has 0 radical (unpaired) electrons. The molecule has 0 heterocycles. The number of ether oxygens (including phenoxy) is 3. The molecule has 0 spiro atoms. The van der Waals surface area contributed by atoms with Gasteiger partial charge in [-0.05, 0) is 91.4 Å². The Morgan fingerprint density at radius 1 is 0.886 bits per heavy atom. The van der Waals surface area contributed by atoms with Gasteiger partial charge in [-0.15, -0.1) is 0 Å². The van der Waals surface area contributed by atoms with Gasteiger partial charge in [-0.2, -0.15) is 0 Å². The van der Waals surface area contributed by atoms with Crippen molar-refractivity contribution < 1.29 is 38.8 Å². The molecule has 0 aromatic carbocycles. The molecule has 5 aliphatic rings. The number of carbonyl (C=O) groups excluding carboxylic acids is 3. The van der Waals surface area contributed by atoms with E-state index in [1.54, 1.807) is 0 Å². The van der Waals surface area contributed by atoms with Gasteiger partial charge in [0.15, 0.2) is 0 Å². The minimum Gasteiger partial charge on any atom is -0.469 e. The number of carbonyl (C=O) groups is 3. The first-order valence-corrected chi connectivity index (χ1v) is 16.7. The Hall–Kier alpha value is -1.93. The molecule has 8 nitrogen and oxygen atoms in total. The summed E-state index contributed by atoms with van der Waals surface area (Å²) in [5.41, 5.74) is -3.96. The Morgan fingerprint density at radius 2 is 1.50 bits per heavy atom. The second-order valence-electron chi connectivity index (χ2n) is 16.9. The quantitative estimate of drug-likeness (QED) is 0.233. The minimum absolute atomic E-state index is 0.0652. The smallest absolute Gasteiger partial charge is 0.312 e. The molecular formula is C36H56O8. The van der Waals surface area contributed by atoms with Gasteiger partial charge in [0.2, 0.25) is 0 Å². The summed E-state index contributed by atoms with van der Waals surface area (Å²) in [5.74, 6) is -1.24. The van der Waals surface area contributed by atoms with Crippen LogP contribution in [0, 0.1) is 50.2 Å². The molecule has 0 saturated heterocycles. The van der Waals surface area contributed by atoms with Crippen molar-refractivity contribution in [3.8, 4) is 0 Å². The molecule has 0 aromatic heterocycles. The van der Waals surface area contributed by atoms with E-state index < -0.39 is 62.4 Å². The van der Waals surface area contributed by atoms with Gasteiger partial charge in [0.05, 0.1) is 24.2 Å². The maximum absolute atomic E-state index is 13.9. The summed E-state index contributed by atoms with van der Waals surface area (Å²) in [5, 5.41) is 24.0. The van der Waals surface area contributed by atoms with Gasteiger partial charge in [-0.3, -0.25) is 14.4 Å². The van der Waals surface area contributed by atoms with Gasteiger partial charge < -0.3 is 24.4 Å². The number of hydrogen-bond donors (Lipinski definition) is 2. The molecule has 248 valence electrons. The second kappa shape index (κ2) is 10.0. The largest absolute Gasteiger partial charge is 0.469 e. The van der Waals surface area contributed by atoms with Crippen LogP contribution in [0.1, 0.15) is 114 Å². The lowest BCUT2D eigenvalue weighted by Gasteiger charge is -2.75.